The van der Waals surface area contributed by atoms with Crippen LogP contribution in [-0.2, 0) is 0 Å². The molecule has 0 saturated heterocycles. The molecule has 1 rings (SSSR count). The fourth-order valence-corrected chi connectivity index (χ4v) is 1.76. The highest BCUT2D eigenvalue weighted by atomic mass is 16.3. The molecule has 0 aromatic heterocycles. The summed E-state index contributed by atoms with van der Waals surface area (Å²) in [5.74, 6) is 0.984. The maximum atomic E-state index is 8.83. The summed E-state index contributed by atoms with van der Waals surface area (Å²) in [7, 11) is 0. The fourth-order valence-electron chi connectivity index (χ4n) is 1.76. The molecule has 2 nitrogen and oxygen atoms in total. The zero-order valence-corrected chi connectivity index (χ0v) is 8.97. The maximum absolute atomic E-state index is 8.83. The lowest BCUT2D eigenvalue weighted by atomic mass is 9.83. The van der Waals surface area contributed by atoms with Gasteiger partial charge in [0.25, 0.3) is 0 Å². The van der Waals surface area contributed by atoms with E-state index in [-0.39, 0.29) is 12.1 Å². The van der Waals surface area contributed by atoms with Gasteiger partial charge in [0, 0.05) is 12.1 Å². The summed E-state index contributed by atoms with van der Waals surface area (Å²) in [5.41, 5.74) is 0.110. The lowest BCUT2D eigenvalue weighted by molar-refractivity contribution is 0.221. The van der Waals surface area contributed by atoms with Crippen molar-refractivity contribution in [3.63, 3.8) is 0 Å². The van der Waals surface area contributed by atoms with Crippen LogP contribution in [0.3, 0.4) is 0 Å². The average Bonchev–Trinajstić information content (AvgIpc) is 1.94. The summed E-state index contributed by atoms with van der Waals surface area (Å²) in [6, 6.07) is 0. The Morgan fingerprint density at radius 3 is 2.54 bits per heavy atom. The number of hydrogen-bond acceptors (Lipinski definition) is 2. The molecule has 1 aliphatic carbocycles. The standard InChI is InChI=1S/C11H23NO/c1-11(2,7-9-13)12-8-6-10-4-3-5-10/h10,12-13H,3-9H2,1-2H3. The van der Waals surface area contributed by atoms with Gasteiger partial charge in [0.2, 0.25) is 0 Å². The summed E-state index contributed by atoms with van der Waals surface area (Å²) in [4.78, 5) is 0. The van der Waals surface area contributed by atoms with Crippen molar-refractivity contribution in [1.82, 2.24) is 5.32 Å². The third-order valence-corrected chi connectivity index (χ3v) is 3.12. The highest BCUT2D eigenvalue weighted by Crippen LogP contribution is 2.28. The largest absolute Gasteiger partial charge is 0.396 e. The quantitative estimate of drug-likeness (QED) is 0.662. The topological polar surface area (TPSA) is 32.3 Å². The second-order valence-electron chi connectivity index (χ2n) is 4.87. The maximum Gasteiger partial charge on any atom is 0.0448 e. The van der Waals surface area contributed by atoms with Gasteiger partial charge in [-0.1, -0.05) is 19.3 Å². The summed E-state index contributed by atoms with van der Waals surface area (Å²) in [6.45, 7) is 5.70. The van der Waals surface area contributed by atoms with Crippen molar-refractivity contribution < 1.29 is 5.11 Å². The predicted octanol–water partition coefficient (Wildman–Crippen LogP) is 1.93. The molecule has 2 N–H and O–H groups in total. The molecule has 0 aromatic carbocycles. The Bertz CT molecular complexity index is 141. The van der Waals surface area contributed by atoms with Gasteiger partial charge in [0.15, 0.2) is 0 Å². The highest BCUT2D eigenvalue weighted by Gasteiger charge is 2.19. The molecule has 0 spiro atoms. The van der Waals surface area contributed by atoms with Gasteiger partial charge >= 0.3 is 0 Å². The Labute approximate surface area is 81.7 Å². The molecular formula is C11H23NO. The summed E-state index contributed by atoms with van der Waals surface area (Å²) < 4.78 is 0. The van der Waals surface area contributed by atoms with Crippen molar-refractivity contribution in [2.24, 2.45) is 5.92 Å². The Kier molecular flexibility index (Phi) is 4.20. The molecule has 0 radical (unpaired) electrons. The summed E-state index contributed by atoms with van der Waals surface area (Å²) >= 11 is 0. The van der Waals surface area contributed by atoms with Gasteiger partial charge in [-0.2, -0.15) is 0 Å². The average molecular weight is 185 g/mol. The molecule has 0 heterocycles. The van der Waals surface area contributed by atoms with E-state index in [9.17, 15) is 0 Å². The van der Waals surface area contributed by atoms with Crippen molar-refractivity contribution in [2.75, 3.05) is 13.2 Å². The van der Waals surface area contributed by atoms with Crippen molar-refractivity contribution >= 4 is 0 Å². The van der Waals surface area contributed by atoms with E-state index in [2.05, 4.69) is 19.2 Å². The molecular weight excluding hydrogens is 162 g/mol. The Morgan fingerprint density at radius 1 is 1.38 bits per heavy atom. The first-order chi connectivity index (χ1) is 6.14. The van der Waals surface area contributed by atoms with Gasteiger partial charge in [0.05, 0.1) is 0 Å². The van der Waals surface area contributed by atoms with Crippen molar-refractivity contribution in [3.05, 3.63) is 0 Å². The first-order valence-electron chi connectivity index (χ1n) is 5.50. The fraction of sp³-hybridized carbons (Fsp3) is 1.00. The minimum atomic E-state index is 0.110. The van der Waals surface area contributed by atoms with Crippen molar-refractivity contribution in [2.45, 2.75) is 51.5 Å². The van der Waals surface area contributed by atoms with Crippen LogP contribution in [0.2, 0.25) is 0 Å². The molecule has 0 bridgehead atoms. The molecule has 1 aliphatic rings. The van der Waals surface area contributed by atoms with Crippen LogP contribution in [0.4, 0.5) is 0 Å². The van der Waals surface area contributed by atoms with E-state index in [1.165, 1.54) is 25.7 Å². The van der Waals surface area contributed by atoms with Gasteiger partial charge in [0.1, 0.15) is 0 Å². The van der Waals surface area contributed by atoms with E-state index in [0.717, 1.165) is 18.9 Å². The minimum absolute atomic E-state index is 0.110. The Balaban J connectivity index is 2.02. The van der Waals surface area contributed by atoms with E-state index in [0.29, 0.717) is 0 Å². The summed E-state index contributed by atoms with van der Waals surface area (Å²) in [5, 5.41) is 12.3. The van der Waals surface area contributed by atoms with E-state index in [4.69, 9.17) is 5.11 Å². The third-order valence-electron chi connectivity index (χ3n) is 3.12. The lowest BCUT2D eigenvalue weighted by Gasteiger charge is -2.29. The van der Waals surface area contributed by atoms with Crippen LogP contribution in [0, 0.1) is 5.92 Å². The predicted molar refractivity (Wildman–Crippen MR) is 55.7 cm³/mol. The molecule has 1 saturated carbocycles. The van der Waals surface area contributed by atoms with Crippen LogP contribution >= 0.6 is 0 Å². The summed E-state index contributed by atoms with van der Waals surface area (Å²) in [6.07, 6.45) is 6.46. The van der Waals surface area contributed by atoms with Crippen LogP contribution in [0.1, 0.15) is 46.0 Å². The smallest absolute Gasteiger partial charge is 0.0448 e. The Morgan fingerprint density at radius 2 is 2.08 bits per heavy atom. The van der Waals surface area contributed by atoms with Gasteiger partial charge in [-0.3, -0.25) is 0 Å². The number of nitrogens with one attached hydrogen (secondary N) is 1. The van der Waals surface area contributed by atoms with E-state index >= 15 is 0 Å². The zero-order valence-electron chi connectivity index (χ0n) is 8.97. The molecule has 78 valence electrons. The molecule has 0 atom stereocenters. The normalized spacial score (nSPS) is 18.7. The molecule has 1 fully saturated rings. The number of rotatable bonds is 6. The van der Waals surface area contributed by atoms with E-state index in [1.54, 1.807) is 0 Å². The highest BCUT2D eigenvalue weighted by molar-refractivity contribution is 4.78. The monoisotopic (exact) mass is 185 g/mol. The van der Waals surface area contributed by atoms with Crippen LogP contribution < -0.4 is 5.32 Å². The van der Waals surface area contributed by atoms with Gasteiger partial charge in [-0.25, -0.2) is 0 Å². The van der Waals surface area contributed by atoms with Gasteiger partial charge in [-0.15, -0.1) is 0 Å². The van der Waals surface area contributed by atoms with E-state index < -0.39 is 0 Å². The van der Waals surface area contributed by atoms with Gasteiger partial charge < -0.3 is 10.4 Å². The van der Waals surface area contributed by atoms with Crippen LogP contribution in [-0.4, -0.2) is 23.8 Å². The van der Waals surface area contributed by atoms with Crippen LogP contribution in [0.15, 0.2) is 0 Å². The number of hydrogen-bond donors (Lipinski definition) is 2. The third kappa shape index (κ3) is 4.10. The van der Waals surface area contributed by atoms with Crippen LogP contribution in [0.5, 0.6) is 0 Å². The first-order valence-corrected chi connectivity index (χ1v) is 5.50. The van der Waals surface area contributed by atoms with Crippen LogP contribution in [0.25, 0.3) is 0 Å². The number of aliphatic hydroxyl groups excluding tert-OH is 1. The lowest BCUT2D eigenvalue weighted by Crippen LogP contribution is -2.41. The minimum Gasteiger partial charge on any atom is -0.396 e. The van der Waals surface area contributed by atoms with Crippen molar-refractivity contribution in [1.29, 1.82) is 0 Å². The molecule has 0 amide bonds. The molecule has 0 aromatic rings. The molecule has 2 heteroatoms. The number of aliphatic hydroxyl groups is 1. The van der Waals surface area contributed by atoms with Gasteiger partial charge in [-0.05, 0) is 39.2 Å². The second kappa shape index (κ2) is 4.97. The zero-order chi connectivity index (χ0) is 9.73. The van der Waals surface area contributed by atoms with Crippen molar-refractivity contribution in [3.8, 4) is 0 Å². The second-order valence-corrected chi connectivity index (χ2v) is 4.87. The molecule has 0 unspecified atom stereocenters. The van der Waals surface area contributed by atoms with E-state index in [1.807, 2.05) is 0 Å². The SMILES string of the molecule is CC(C)(CCO)NCCC1CCC1. The molecule has 13 heavy (non-hydrogen) atoms. The molecule has 0 aliphatic heterocycles. The first kappa shape index (κ1) is 11.0. The Hall–Kier alpha value is -0.0800.